The van der Waals surface area contributed by atoms with E-state index in [1.54, 1.807) is 6.07 Å². The Morgan fingerprint density at radius 1 is 1.04 bits per heavy atom. The first kappa shape index (κ1) is 16.2. The number of aromatic amines is 1. The minimum Gasteiger partial charge on any atom is -0.426 e. The minimum absolute atomic E-state index is 0.102. The SMILES string of the molecule is O=C1Oc2ccccc2[C@@H]2c3sc(=O)[nH]c3S[C@H](c3ccc(Cl)cc3)[C@H]12. The van der Waals surface area contributed by atoms with E-state index in [0.29, 0.717) is 10.8 Å². The van der Waals surface area contributed by atoms with Gasteiger partial charge in [0.15, 0.2) is 0 Å². The summed E-state index contributed by atoms with van der Waals surface area (Å²) in [5.74, 6) is -0.261. The molecule has 0 fully saturated rings. The number of hydrogen-bond acceptors (Lipinski definition) is 5. The van der Waals surface area contributed by atoms with E-state index in [9.17, 15) is 9.59 Å². The summed E-state index contributed by atoms with van der Waals surface area (Å²) >= 11 is 8.72. The molecule has 3 atom stereocenters. The lowest BCUT2D eigenvalue weighted by Crippen LogP contribution is -2.37. The van der Waals surface area contributed by atoms with E-state index < -0.39 is 5.92 Å². The molecule has 2 aliphatic rings. The van der Waals surface area contributed by atoms with Gasteiger partial charge in [-0.15, -0.1) is 0 Å². The molecule has 0 unspecified atom stereocenters. The predicted octanol–water partition coefficient (Wildman–Crippen LogP) is 4.60. The van der Waals surface area contributed by atoms with E-state index in [4.69, 9.17) is 16.3 Å². The normalized spacial score (nSPS) is 23.6. The van der Waals surface area contributed by atoms with Crippen molar-refractivity contribution in [2.24, 2.45) is 5.92 Å². The van der Waals surface area contributed by atoms with Gasteiger partial charge in [-0.3, -0.25) is 9.59 Å². The molecule has 0 aliphatic carbocycles. The Balaban J connectivity index is 1.73. The van der Waals surface area contributed by atoms with Crippen LogP contribution in [0.2, 0.25) is 5.02 Å². The highest BCUT2D eigenvalue weighted by molar-refractivity contribution is 7.99. The molecule has 7 heteroatoms. The van der Waals surface area contributed by atoms with Crippen LogP contribution in [-0.4, -0.2) is 11.0 Å². The van der Waals surface area contributed by atoms with Crippen molar-refractivity contribution in [3.05, 3.63) is 79.2 Å². The number of carbonyl (C=O) groups is 1. The number of thiazole rings is 1. The topological polar surface area (TPSA) is 59.2 Å². The highest BCUT2D eigenvalue weighted by atomic mass is 35.5. The first-order valence-electron chi connectivity index (χ1n) is 8.07. The van der Waals surface area contributed by atoms with Gasteiger partial charge in [0.2, 0.25) is 0 Å². The third kappa shape index (κ3) is 2.44. The number of fused-ring (bicyclic) bond motifs is 5. The molecule has 1 aromatic heterocycles. The molecule has 2 aromatic carbocycles. The number of hydrogen-bond donors (Lipinski definition) is 1. The Labute approximate surface area is 162 Å². The maximum absolute atomic E-state index is 12.9. The summed E-state index contributed by atoms with van der Waals surface area (Å²) in [6.07, 6.45) is 0. The first-order valence-corrected chi connectivity index (χ1v) is 10.1. The Hall–Kier alpha value is -2.02. The Morgan fingerprint density at radius 2 is 1.81 bits per heavy atom. The molecule has 3 heterocycles. The van der Waals surface area contributed by atoms with Crippen LogP contribution in [0.1, 0.15) is 27.2 Å². The predicted molar refractivity (Wildman–Crippen MR) is 102 cm³/mol. The number of benzene rings is 2. The van der Waals surface area contributed by atoms with Crippen molar-refractivity contribution in [3.63, 3.8) is 0 Å². The van der Waals surface area contributed by atoms with Crippen molar-refractivity contribution in [3.8, 4) is 5.75 Å². The number of thioether (sulfide) groups is 1. The van der Waals surface area contributed by atoms with E-state index in [0.717, 1.165) is 21.0 Å². The molecule has 0 saturated carbocycles. The van der Waals surface area contributed by atoms with Crippen molar-refractivity contribution in [2.45, 2.75) is 16.2 Å². The second kappa shape index (κ2) is 6.01. The number of para-hydroxylation sites is 1. The maximum Gasteiger partial charge on any atom is 0.316 e. The molecule has 0 spiro atoms. The highest BCUT2D eigenvalue weighted by Crippen LogP contribution is 2.58. The standard InChI is InChI=1S/C19H12ClNO3S2/c20-10-7-5-9(6-8-10)15-14-13(16-17(25-15)21-19(23)26-16)11-3-1-2-4-12(11)24-18(14)22/h1-8,13-15H,(H,21,23)/t13-,14+,15+/m0/s1. The average molecular weight is 402 g/mol. The van der Waals surface area contributed by atoms with Gasteiger partial charge in [0.1, 0.15) is 5.75 Å². The van der Waals surface area contributed by atoms with Crippen molar-refractivity contribution in [1.29, 1.82) is 0 Å². The smallest absolute Gasteiger partial charge is 0.316 e. The van der Waals surface area contributed by atoms with E-state index in [1.807, 2.05) is 42.5 Å². The number of nitrogens with one attached hydrogen (secondary N) is 1. The number of rotatable bonds is 1. The molecular weight excluding hydrogens is 390 g/mol. The lowest BCUT2D eigenvalue weighted by molar-refractivity contribution is -0.140. The molecule has 3 aromatic rings. The fourth-order valence-corrected chi connectivity index (χ4v) is 6.40. The quantitative estimate of drug-likeness (QED) is 0.478. The summed E-state index contributed by atoms with van der Waals surface area (Å²) in [5.41, 5.74) is 1.94. The molecule has 0 saturated heterocycles. The van der Waals surface area contributed by atoms with Crippen molar-refractivity contribution < 1.29 is 9.53 Å². The van der Waals surface area contributed by atoms with Gasteiger partial charge in [-0.05, 0) is 23.8 Å². The lowest BCUT2D eigenvalue weighted by Gasteiger charge is -2.39. The van der Waals surface area contributed by atoms with Gasteiger partial charge in [0, 0.05) is 21.4 Å². The van der Waals surface area contributed by atoms with Crippen LogP contribution < -0.4 is 9.61 Å². The number of halogens is 1. The Kier molecular flexibility index (Phi) is 3.74. The lowest BCUT2D eigenvalue weighted by atomic mass is 9.78. The van der Waals surface area contributed by atoms with Crippen LogP contribution in [0.5, 0.6) is 5.75 Å². The van der Waals surface area contributed by atoms with Gasteiger partial charge in [-0.2, -0.15) is 0 Å². The van der Waals surface area contributed by atoms with Gasteiger partial charge < -0.3 is 9.72 Å². The van der Waals surface area contributed by atoms with Crippen LogP contribution in [0.15, 0.2) is 58.4 Å². The molecule has 0 radical (unpaired) electrons. The van der Waals surface area contributed by atoms with Crippen LogP contribution >= 0.6 is 34.7 Å². The average Bonchev–Trinajstić information content (AvgIpc) is 3.01. The summed E-state index contributed by atoms with van der Waals surface area (Å²) in [6.45, 7) is 0. The summed E-state index contributed by atoms with van der Waals surface area (Å²) in [5, 5.41) is 1.33. The summed E-state index contributed by atoms with van der Waals surface area (Å²) in [7, 11) is 0. The van der Waals surface area contributed by atoms with Gasteiger partial charge in [0.25, 0.3) is 0 Å². The number of ether oxygens (including phenoxy) is 1. The van der Waals surface area contributed by atoms with Crippen LogP contribution in [0, 0.1) is 5.92 Å². The van der Waals surface area contributed by atoms with Gasteiger partial charge in [0.05, 0.1) is 16.2 Å². The van der Waals surface area contributed by atoms with E-state index in [-0.39, 0.29) is 22.0 Å². The summed E-state index contributed by atoms with van der Waals surface area (Å²) < 4.78 is 5.64. The fourth-order valence-electron chi connectivity index (χ4n) is 3.69. The molecule has 130 valence electrons. The number of H-pyrrole nitrogens is 1. The van der Waals surface area contributed by atoms with Crippen molar-refractivity contribution in [1.82, 2.24) is 4.98 Å². The van der Waals surface area contributed by atoms with E-state index in [1.165, 1.54) is 23.1 Å². The number of aromatic nitrogens is 1. The maximum atomic E-state index is 12.9. The first-order chi connectivity index (χ1) is 12.6. The van der Waals surface area contributed by atoms with Crippen molar-refractivity contribution in [2.75, 3.05) is 0 Å². The Morgan fingerprint density at radius 3 is 2.62 bits per heavy atom. The second-order valence-corrected chi connectivity index (χ2v) is 8.86. The van der Waals surface area contributed by atoms with E-state index >= 15 is 0 Å². The van der Waals surface area contributed by atoms with Gasteiger partial charge in [-0.1, -0.05) is 65.0 Å². The molecule has 2 aliphatic heterocycles. The highest BCUT2D eigenvalue weighted by Gasteiger charge is 2.49. The van der Waals surface area contributed by atoms with E-state index in [2.05, 4.69) is 4.98 Å². The van der Waals surface area contributed by atoms with Crippen LogP contribution in [0.25, 0.3) is 0 Å². The Bertz CT molecular complexity index is 1070. The molecule has 5 rings (SSSR count). The molecule has 4 nitrogen and oxygen atoms in total. The van der Waals surface area contributed by atoms with Crippen LogP contribution in [0.3, 0.4) is 0 Å². The monoisotopic (exact) mass is 401 g/mol. The van der Waals surface area contributed by atoms with Gasteiger partial charge in [-0.25, -0.2) is 0 Å². The van der Waals surface area contributed by atoms with Gasteiger partial charge >= 0.3 is 10.8 Å². The third-order valence-corrected chi connectivity index (χ3v) is 7.51. The molecule has 1 N–H and O–H groups in total. The van der Waals surface area contributed by atoms with Crippen LogP contribution in [-0.2, 0) is 4.79 Å². The van der Waals surface area contributed by atoms with Crippen LogP contribution in [0.4, 0.5) is 0 Å². The second-order valence-electron chi connectivity index (χ2n) is 6.26. The largest absolute Gasteiger partial charge is 0.426 e. The fraction of sp³-hybridized carbons (Fsp3) is 0.158. The molecule has 0 bridgehead atoms. The zero-order valence-electron chi connectivity index (χ0n) is 13.3. The molecule has 26 heavy (non-hydrogen) atoms. The minimum atomic E-state index is -0.393. The van der Waals surface area contributed by atoms with Crippen molar-refractivity contribution >= 4 is 40.7 Å². The summed E-state index contributed by atoms with van der Waals surface area (Å²) in [6, 6.07) is 15.1. The number of esters is 1. The number of carbonyl (C=O) groups excluding carboxylic acids is 1. The third-order valence-electron chi connectivity index (χ3n) is 4.79. The molecule has 0 amide bonds. The summed E-state index contributed by atoms with van der Waals surface area (Å²) in [4.78, 5) is 28.7. The zero-order valence-corrected chi connectivity index (χ0v) is 15.7. The zero-order chi connectivity index (χ0) is 17.8. The molecular formula is C19H12ClNO3S2.